The average Bonchev–Trinajstić information content (AvgIpc) is 2.59. The summed E-state index contributed by atoms with van der Waals surface area (Å²) >= 11 is 0. The van der Waals surface area contributed by atoms with Gasteiger partial charge in [-0.15, -0.1) is 0 Å². The molecule has 1 heterocycles. The second kappa shape index (κ2) is 2.62. The predicted octanol–water partition coefficient (Wildman–Crippen LogP) is 1.26. The first-order chi connectivity index (χ1) is 4.97. The lowest BCUT2D eigenvalue weighted by atomic mass is 10.2. The van der Waals surface area contributed by atoms with Crippen LogP contribution >= 0.6 is 0 Å². The van der Waals surface area contributed by atoms with E-state index in [1.54, 1.807) is 0 Å². The molecule has 0 saturated heterocycles. The largest absolute Gasteiger partial charge is 0.313 e. The Morgan fingerprint density at radius 3 is 2.70 bits per heavy atom. The van der Waals surface area contributed by atoms with Crippen molar-refractivity contribution in [1.82, 2.24) is 10.4 Å². The Hall–Kier alpha value is -0.500. The number of nitrogens with zero attached hydrogens (tertiary/aromatic N) is 1. The summed E-state index contributed by atoms with van der Waals surface area (Å²) < 4.78 is 0. The van der Waals surface area contributed by atoms with Crippen LogP contribution in [0.4, 0.5) is 0 Å². The Labute approximate surface area is 61.9 Å². The van der Waals surface area contributed by atoms with E-state index in [1.165, 1.54) is 25.7 Å². The Kier molecular flexibility index (Phi) is 1.63. The van der Waals surface area contributed by atoms with Gasteiger partial charge in [0.25, 0.3) is 0 Å². The predicted molar refractivity (Wildman–Crippen MR) is 41.2 cm³/mol. The van der Waals surface area contributed by atoms with E-state index in [-0.39, 0.29) is 0 Å². The molecule has 56 valence electrons. The molecule has 0 spiro atoms. The Morgan fingerprint density at radius 2 is 2.10 bits per heavy atom. The number of nitrogens with one attached hydrogen (secondary N) is 1. The van der Waals surface area contributed by atoms with Gasteiger partial charge in [0.05, 0.1) is 0 Å². The summed E-state index contributed by atoms with van der Waals surface area (Å²) in [7, 11) is 0. The van der Waals surface area contributed by atoms with E-state index in [9.17, 15) is 0 Å². The molecule has 1 saturated carbocycles. The van der Waals surface area contributed by atoms with E-state index < -0.39 is 0 Å². The van der Waals surface area contributed by atoms with E-state index in [0.29, 0.717) is 0 Å². The lowest BCUT2D eigenvalue weighted by molar-refractivity contribution is 0.224. The molecule has 2 heteroatoms. The first-order valence-electron chi connectivity index (χ1n) is 4.15. The summed E-state index contributed by atoms with van der Waals surface area (Å²) in [4.78, 5) is 0. The highest BCUT2D eigenvalue weighted by molar-refractivity contribution is 4.93. The van der Waals surface area contributed by atoms with Crippen LogP contribution in [0.2, 0.25) is 0 Å². The summed E-state index contributed by atoms with van der Waals surface area (Å²) in [5.41, 5.74) is 3.32. The van der Waals surface area contributed by atoms with E-state index >= 15 is 0 Å². The van der Waals surface area contributed by atoms with Gasteiger partial charge in [-0.1, -0.05) is 18.9 Å². The second-order valence-electron chi connectivity index (χ2n) is 3.09. The molecular weight excluding hydrogens is 124 g/mol. The third kappa shape index (κ3) is 1.03. The fourth-order valence-corrected chi connectivity index (χ4v) is 1.81. The third-order valence-corrected chi connectivity index (χ3v) is 2.38. The van der Waals surface area contributed by atoms with Crippen LogP contribution in [0.1, 0.15) is 25.7 Å². The zero-order valence-corrected chi connectivity index (χ0v) is 6.21. The van der Waals surface area contributed by atoms with Crippen LogP contribution in [0, 0.1) is 0 Å². The minimum Gasteiger partial charge on any atom is -0.313 e. The van der Waals surface area contributed by atoms with Crippen molar-refractivity contribution in [2.45, 2.75) is 31.7 Å². The minimum atomic E-state index is 0.791. The van der Waals surface area contributed by atoms with E-state index in [1.807, 2.05) is 0 Å². The molecule has 10 heavy (non-hydrogen) atoms. The summed E-state index contributed by atoms with van der Waals surface area (Å²) in [5, 5.41) is 2.27. The highest BCUT2D eigenvalue weighted by atomic mass is 15.5. The van der Waals surface area contributed by atoms with Crippen LogP contribution in [0.25, 0.3) is 0 Å². The first-order valence-corrected chi connectivity index (χ1v) is 4.15. The maximum Gasteiger partial charge on any atom is 0.0448 e. The van der Waals surface area contributed by atoms with Gasteiger partial charge >= 0.3 is 0 Å². The van der Waals surface area contributed by atoms with Crippen molar-refractivity contribution < 1.29 is 0 Å². The van der Waals surface area contributed by atoms with Gasteiger partial charge in [0.15, 0.2) is 0 Å². The van der Waals surface area contributed by atoms with Gasteiger partial charge < -0.3 is 5.01 Å². The normalized spacial score (nSPS) is 26.6. The Morgan fingerprint density at radius 1 is 1.30 bits per heavy atom. The Bertz CT molecular complexity index is 136. The minimum absolute atomic E-state index is 0.791. The van der Waals surface area contributed by atoms with Crippen LogP contribution in [0.15, 0.2) is 12.3 Å². The number of hydrogen-bond acceptors (Lipinski definition) is 2. The van der Waals surface area contributed by atoms with Gasteiger partial charge in [-0.2, -0.15) is 0 Å². The first kappa shape index (κ1) is 6.23. The summed E-state index contributed by atoms with van der Waals surface area (Å²) in [5.74, 6) is 0. The summed E-state index contributed by atoms with van der Waals surface area (Å²) in [6.07, 6.45) is 9.93. The van der Waals surface area contributed by atoms with Crippen LogP contribution in [0.3, 0.4) is 0 Å². The maximum absolute atomic E-state index is 3.32. The lowest BCUT2D eigenvalue weighted by Gasteiger charge is -2.23. The summed E-state index contributed by atoms with van der Waals surface area (Å²) in [6.45, 7) is 1.02. The smallest absolute Gasteiger partial charge is 0.0448 e. The van der Waals surface area contributed by atoms with Gasteiger partial charge in [-0.05, 0) is 12.8 Å². The van der Waals surface area contributed by atoms with E-state index in [0.717, 1.165) is 12.6 Å². The average molecular weight is 138 g/mol. The standard InChI is InChI=1S/C8H14N2/c1-2-5-8(4-1)10-7-3-6-9-10/h3,7-9H,1-2,4-6H2. The van der Waals surface area contributed by atoms with Crippen LogP contribution in [-0.4, -0.2) is 17.6 Å². The molecule has 0 aromatic heterocycles. The lowest BCUT2D eigenvalue weighted by Crippen LogP contribution is -2.36. The van der Waals surface area contributed by atoms with Crippen LogP contribution in [0.5, 0.6) is 0 Å². The van der Waals surface area contributed by atoms with Gasteiger partial charge in [-0.25, -0.2) is 5.43 Å². The molecule has 0 radical (unpaired) electrons. The number of rotatable bonds is 1. The molecule has 1 aliphatic carbocycles. The topological polar surface area (TPSA) is 15.3 Å². The second-order valence-corrected chi connectivity index (χ2v) is 3.09. The molecule has 0 unspecified atom stereocenters. The molecule has 1 fully saturated rings. The van der Waals surface area contributed by atoms with Crippen LogP contribution in [-0.2, 0) is 0 Å². The summed E-state index contributed by atoms with van der Waals surface area (Å²) in [6, 6.07) is 0.791. The van der Waals surface area contributed by atoms with Crippen molar-refractivity contribution in [2.75, 3.05) is 6.54 Å². The maximum atomic E-state index is 3.32. The van der Waals surface area contributed by atoms with Crippen molar-refractivity contribution in [3.8, 4) is 0 Å². The monoisotopic (exact) mass is 138 g/mol. The van der Waals surface area contributed by atoms with Crippen molar-refractivity contribution in [1.29, 1.82) is 0 Å². The highest BCUT2D eigenvalue weighted by Crippen LogP contribution is 2.23. The highest BCUT2D eigenvalue weighted by Gasteiger charge is 2.20. The van der Waals surface area contributed by atoms with E-state index in [4.69, 9.17) is 0 Å². The quantitative estimate of drug-likeness (QED) is 0.587. The molecule has 0 aromatic rings. The molecular formula is C8H14N2. The van der Waals surface area contributed by atoms with Gasteiger partial charge in [0.1, 0.15) is 0 Å². The van der Waals surface area contributed by atoms with Crippen molar-refractivity contribution in [3.63, 3.8) is 0 Å². The third-order valence-electron chi connectivity index (χ3n) is 2.38. The Balaban J connectivity index is 1.91. The SMILES string of the molecule is C1=CN(C2CCCC2)NC1. The molecule has 1 N–H and O–H groups in total. The molecule has 0 bridgehead atoms. The molecule has 2 rings (SSSR count). The number of hydrazine groups is 1. The zero-order chi connectivity index (χ0) is 6.81. The number of hydrogen-bond donors (Lipinski definition) is 1. The van der Waals surface area contributed by atoms with Gasteiger partial charge in [0, 0.05) is 18.8 Å². The van der Waals surface area contributed by atoms with Crippen molar-refractivity contribution in [2.24, 2.45) is 0 Å². The molecule has 0 amide bonds. The molecule has 0 atom stereocenters. The van der Waals surface area contributed by atoms with Gasteiger partial charge in [0.2, 0.25) is 0 Å². The molecule has 0 aromatic carbocycles. The van der Waals surface area contributed by atoms with Crippen molar-refractivity contribution in [3.05, 3.63) is 12.3 Å². The van der Waals surface area contributed by atoms with Gasteiger partial charge in [-0.3, -0.25) is 0 Å². The zero-order valence-electron chi connectivity index (χ0n) is 6.21. The molecule has 2 nitrogen and oxygen atoms in total. The molecule has 2 aliphatic rings. The van der Waals surface area contributed by atoms with Crippen LogP contribution < -0.4 is 5.43 Å². The van der Waals surface area contributed by atoms with E-state index in [2.05, 4.69) is 22.7 Å². The molecule has 1 aliphatic heterocycles. The van der Waals surface area contributed by atoms with Crippen molar-refractivity contribution >= 4 is 0 Å². The fourth-order valence-electron chi connectivity index (χ4n) is 1.81. The fraction of sp³-hybridized carbons (Fsp3) is 0.750.